The Balaban J connectivity index is 2.23. The molecule has 0 bridgehead atoms. The minimum atomic E-state index is 0.140. The zero-order chi connectivity index (χ0) is 14.4. The zero-order valence-corrected chi connectivity index (χ0v) is 13.8. The Morgan fingerprint density at radius 1 is 1.40 bits per heavy atom. The summed E-state index contributed by atoms with van der Waals surface area (Å²) >= 11 is 13.3. The highest BCUT2D eigenvalue weighted by molar-refractivity contribution is 7.71. The number of rotatable bonds is 2. The molecule has 0 saturated carbocycles. The number of thiazole rings is 1. The third-order valence-electron chi connectivity index (χ3n) is 3.39. The second kappa shape index (κ2) is 4.98. The average Bonchev–Trinajstić information content (AvgIpc) is 2.87. The fourth-order valence-corrected chi connectivity index (χ4v) is 4.03. The molecular formula is C14H14ClN3S2. The number of H-pyrrole nitrogens is 1. The number of hydrogen-bond donors (Lipinski definition) is 1. The smallest absolute Gasteiger partial charge is 0.178 e. The Kier molecular flexibility index (Phi) is 3.44. The lowest BCUT2D eigenvalue weighted by Gasteiger charge is -2.13. The summed E-state index contributed by atoms with van der Waals surface area (Å²) in [6, 6.07) is 5.91. The van der Waals surface area contributed by atoms with Crippen LogP contribution in [-0.4, -0.2) is 14.5 Å². The van der Waals surface area contributed by atoms with E-state index in [1.165, 1.54) is 4.88 Å². The fraction of sp³-hybridized carbons (Fsp3) is 0.286. The van der Waals surface area contributed by atoms with E-state index in [0.717, 1.165) is 21.7 Å². The quantitative estimate of drug-likeness (QED) is 0.671. The first kappa shape index (κ1) is 13.8. The van der Waals surface area contributed by atoms with Crippen LogP contribution in [0.15, 0.2) is 18.2 Å². The summed E-state index contributed by atoms with van der Waals surface area (Å²) in [5, 5.41) is 1.79. The maximum atomic E-state index is 6.12. The fourth-order valence-electron chi connectivity index (χ4n) is 2.53. The first-order chi connectivity index (χ1) is 9.47. The molecule has 0 aliphatic heterocycles. The molecule has 0 spiro atoms. The molecule has 0 aliphatic rings. The van der Waals surface area contributed by atoms with E-state index < -0.39 is 0 Å². The zero-order valence-electron chi connectivity index (χ0n) is 11.4. The van der Waals surface area contributed by atoms with Crippen molar-refractivity contribution >= 4 is 46.2 Å². The van der Waals surface area contributed by atoms with Crippen molar-refractivity contribution in [3.63, 3.8) is 0 Å². The number of aromatic nitrogens is 3. The summed E-state index contributed by atoms with van der Waals surface area (Å²) in [6.07, 6.45) is 0. The van der Waals surface area contributed by atoms with Crippen LogP contribution in [0.4, 0.5) is 0 Å². The molecule has 6 heteroatoms. The Labute approximate surface area is 131 Å². The first-order valence-electron chi connectivity index (χ1n) is 6.31. The van der Waals surface area contributed by atoms with E-state index in [-0.39, 0.29) is 6.04 Å². The van der Waals surface area contributed by atoms with Crippen LogP contribution in [0.25, 0.3) is 11.0 Å². The van der Waals surface area contributed by atoms with Gasteiger partial charge in [0.2, 0.25) is 0 Å². The van der Waals surface area contributed by atoms with Crippen molar-refractivity contribution in [1.82, 2.24) is 14.5 Å². The van der Waals surface area contributed by atoms with E-state index in [0.29, 0.717) is 9.79 Å². The van der Waals surface area contributed by atoms with Crippen LogP contribution >= 0.6 is 35.2 Å². The van der Waals surface area contributed by atoms with Crippen molar-refractivity contribution in [2.24, 2.45) is 0 Å². The predicted molar refractivity (Wildman–Crippen MR) is 87.5 cm³/mol. The largest absolute Gasteiger partial charge is 0.331 e. The monoisotopic (exact) mass is 323 g/mol. The van der Waals surface area contributed by atoms with Gasteiger partial charge in [0, 0.05) is 5.02 Å². The number of aryl methyl sites for hydroxylation is 2. The summed E-state index contributed by atoms with van der Waals surface area (Å²) in [5.41, 5.74) is 3.10. The molecule has 20 heavy (non-hydrogen) atoms. The highest BCUT2D eigenvalue weighted by atomic mass is 35.5. The van der Waals surface area contributed by atoms with Gasteiger partial charge in [-0.3, -0.25) is 0 Å². The lowest BCUT2D eigenvalue weighted by atomic mass is 10.2. The molecule has 1 N–H and O–H groups in total. The van der Waals surface area contributed by atoms with E-state index in [9.17, 15) is 0 Å². The highest BCUT2D eigenvalue weighted by Crippen LogP contribution is 2.31. The molecule has 1 aromatic carbocycles. The van der Waals surface area contributed by atoms with Crippen molar-refractivity contribution in [1.29, 1.82) is 0 Å². The van der Waals surface area contributed by atoms with Gasteiger partial charge in [0.25, 0.3) is 0 Å². The van der Waals surface area contributed by atoms with Crippen molar-refractivity contribution in [3.8, 4) is 0 Å². The molecule has 104 valence electrons. The topological polar surface area (TPSA) is 33.6 Å². The first-order valence-corrected chi connectivity index (χ1v) is 7.91. The Morgan fingerprint density at radius 3 is 2.80 bits per heavy atom. The van der Waals surface area contributed by atoms with Gasteiger partial charge < -0.3 is 9.55 Å². The van der Waals surface area contributed by atoms with E-state index in [2.05, 4.69) is 21.5 Å². The summed E-state index contributed by atoms with van der Waals surface area (Å²) in [5.74, 6) is 0. The molecule has 3 rings (SSSR count). The van der Waals surface area contributed by atoms with Crippen molar-refractivity contribution < 1.29 is 0 Å². The van der Waals surface area contributed by atoms with Gasteiger partial charge in [0.1, 0.15) is 0 Å². The Hall–Kier alpha value is -1.17. The van der Waals surface area contributed by atoms with E-state index in [1.54, 1.807) is 11.3 Å². The minimum Gasteiger partial charge on any atom is -0.331 e. The van der Waals surface area contributed by atoms with Gasteiger partial charge in [-0.05, 0) is 51.2 Å². The highest BCUT2D eigenvalue weighted by Gasteiger charge is 2.18. The molecule has 3 aromatic rings. The molecule has 0 fully saturated rings. The van der Waals surface area contributed by atoms with Crippen LogP contribution in [0, 0.1) is 18.6 Å². The minimum absolute atomic E-state index is 0.140. The number of hydrogen-bond acceptors (Lipinski definition) is 3. The normalized spacial score (nSPS) is 13.0. The van der Waals surface area contributed by atoms with Gasteiger partial charge >= 0.3 is 0 Å². The molecule has 1 unspecified atom stereocenters. The Morgan fingerprint density at radius 2 is 2.15 bits per heavy atom. The second-order valence-electron chi connectivity index (χ2n) is 4.82. The number of fused-ring (bicyclic) bond motifs is 1. The molecule has 0 radical (unpaired) electrons. The maximum absolute atomic E-state index is 6.12. The molecule has 2 aromatic heterocycles. The molecule has 0 aliphatic carbocycles. The third-order valence-corrected chi connectivity index (χ3v) is 5.16. The Bertz CT molecular complexity index is 844. The lowest BCUT2D eigenvalue weighted by Crippen LogP contribution is -2.06. The summed E-state index contributed by atoms with van der Waals surface area (Å²) in [6.45, 7) is 6.21. The van der Waals surface area contributed by atoms with E-state index >= 15 is 0 Å². The summed E-state index contributed by atoms with van der Waals surface area (Å²) < 4.78 is 2.82. The number of aromatic amines is 1. The van der Waals surface area contributed by atoms with Gasteiger partial charge in [-0.25, -0.2) is 4.98 Å². The molecular weight excluding hydrogens is 310 g/mol. The molecule has 2 heterocycles. The average molecular weight is 324 g/mol. The van der Waals surface area contributed by atoms with Gasteiger partial charge in [-0.15, -0.1) is 11.3 Å². The van der Waals surface area contributed by atoms with Gasteiger partial charge in [-0.1, -0.05) is 11.6 Å². The van der Waals surface area contributed by atoms with Gasteiger partial charge in [-0.2, -0.15) is 0 Å². The molecule has 3 nitrogen and oxygen atoms in total. The van der Waals surface area contributed by atoms with Crippen LogP contribution in [0.2, 0.25) is 5.02 Å². The number of imidazole rings is 1. The van der Waals surface area contributed by atoms with Crippen LogP contribution in [0.1, 0.15) is 28.5 Å². The van der Waals surface area contributed by atoms with Crippen molar-refractivity contribution in [3.05, 3.63) is 43.6 Å². The van der Waals surface area contributed by atoms with Crippen LogP contribution in [0.3, 0.4) is 0 Å². The van der Waals surface area contributed by atoms with Crippen LogP contribution in [-0.2, 0) is 0 Å². The molecule has 1 atom stereocenters. The second-order valence-corrected chi connectivity index (χ2v) is 6.88. The van der Waals surface area contributed by atoms with Gasteiger partial charge in [0.15, 0.2) is 4.77 Å². The van der Waals surface area contributed by atoms with Crippen LogP contribution in [0.5, 0.6) is 0 Å². The third kappa shape index (κ3) is 2.20. The standard InChI is InChI=1S/C14H14ClN3S2/c1-7-13(20-9(3)16-7)8(2)18-12-6-10(15)4-5-11(12)17-14(18)19/h4-6,8H,1-3H3,(H,17,19). The number of halogens is 1. The lowest BCUT2D eigenvalue weighted by molar-refractivity contribution is 0.655. The van der Waals surface area contributed by atoms with Crippen LogP contribution < -0.4 is 0 Å². The number of nitrogens with zero attached hydrogens (tertiary/aromatic N) is 2. The van der Waals surface area contributed by atoms with Gasteiger partial charge in [0.05, 0.1) is 32.7 Å². The SMILES string of the molecule is Cc1nc(C)c(C(C)n2c(=S)[nH]c3ccc(Cl)cc32)s1. The summed E-state index contributed by atoms with van der Waals surface area (Å²) in [4.78, 5) is 8.97. The van der Waals surface area contributed by atoms with E-state index in [4.69, 9.17) is 23.8 Å². The predicted octanol–water partition coefficient (Wildman–Crippen LogP) is 5.03. The van der Waals surface area contributed by atoms with E-state index in [1.807, 2.05) is 32.0 Å². The molecule has 0 amide bonds. The molecule has 0 saturated heterocycles. The number of benzene rings is 1. The van der Waals surface area contributed by atoms with Crippen molar-refractivity contribution in [2.45, 2.75) is 26.8 Å². The van der Waals surface area contributed by atoms with Crippen molar-refractivity contribution in [2.75, 3.05) is 0 Å². The maximum Gasteiger partial charge on any atom is 0.178 e. The summed E-state index contributed by atoms with van der Waals surface area (Å²) in [7, 11) is 0. The number of nitrogens with one attached hydrogen (secondary N) is 1.